The Balaban J connectivity index is 1.84. The first-order valence-electron chi connectivity index (χ1n) is 8.01. The van der Waals surface area contributed by atoms with Gasteiger partial charge in [0.1, 0.15) is 9.88 Å². The molecule has 0 aliphatic heterocycles. The number of methoxy groups -OCH3 is 1. The van der Waals surface area contributed by atoms with Gasteiger partial charge in [0.2, 0.25) is 0 Å². The number of thiophene rings is 1. The fraction of sp³-hybridized carbons (Fsp3) is 0.263. The third kappa shape index (κ3) is 4.34. The molecule has 0 aliphatic rings. The van der Waals surface area contributed by atoms with Crippen LogP contribution in [0.3, 0.4) is 0 Å². The summed E-state index contributed by atoms with van der Waals surface area (Å²) in [6.45, 7) is 3.52. The maximum atomic E-state index is 13.1. The second-order valence-corrected chi connectivity index (χ2v) is 7.43. The minimum absolute atomic E-state index is 0.0115. The van der Waals surface area contributed by atoms with E-state index >= 15 is 0 Å². The van der Waals surface area contributed by atoms with Gasteiger partial charge >= 0.3 is 0 Å². The van der Waals surface area contributed by atoms with E-state index in [0.29, 0.717) is 24.6 Å². The number of carbonyl (C=O) groups is 1. The summed E-state index contributed by atoms with van der Waals surface area (Å²) in [5.41, 5.74) is 2.96. The fourth-order valence-corrected chi connectivity index (χ4v) is 4.25. The van der Waals surface area contributed by atoms with Gasteiger partial charge in [-0.3, -0.25) is 4.79 Å². The van der Waals surface area contributed by atoms with Crippen LogP contribution in [0.15, 0.2) is 47.2 Å². The molecule has 25 heavy (non-hydrogen) atoms. The molecule has 0 saturated heterocycles. The molecule has 0 atom stereocenters. The average Bonchev–Trinajstić information content (AvgIpc) is 3.28. The van der Waals surface area contributed by atoms with Crippen molar-refractivity contribution in [2.24, 2.45) is 0 Å². The molecule has 1 aromatic carbocycles. The maximum absolute atomic E-state index is 13.1. The Morgan fingerprint density at radius 3 is 2.72 bits per heavy atom. The highest BCUT2D eigenvalue weighted by Gasteiger charge is 2.22. The molecular weight excluding hydrogens is 352 g/mol. The molecule has 6 heteroatoms. The number of carbonyl (C=O) groups excluding carboxylic acids is 1. The lowest BCUT2D eigenvalue weighted by Gasteiger charge is -2.22. The van der Waals surface area contributed by atoms with E-state index in [4.69, 9.17) is 4.74 Å². The molecule has 130 valence electrons. The molecule has 0 saturated carbocycles. The van der Waals surface area contributed by atoms with Crippen molar-refractivity contribution in [1.82, 2.24) is 9.88 Å². The summed E-state index contributed by atoms with van der Waals surface area (Å²) < 4.78 is 5.19. The van der Waals surface area contributed by atoms with E-state index in [0.717, 1.165) is 21.8 Å². The lowest BCUT2D eigenvalue weighted by atomic mass is 10.2. The lowest BCUT2D eigenvalue weighted by molar-refractivity contribution is 0.0684. The van der Waals surface area contributed by atoms with Gasteiger partial charge in [0.25, 0.3) is 5.91 Å². The van der Waals surface area contributed by atoms with Crippen molar-refractivity contribution in [2.75, 3.05) is 20.3 Å². The Labute approximate surface area is 155 Å². The van der Waals surface area contributed by atoms with Gasteiger partial charge in [-0.25, -0.2) is 4.98 Å². The zero-order chi connectivity index (χ0) is 17.6. The summed E-state index contributed by atoms with van der Waals surface area (Å²) in [4.78, 5) is 20.2. The predicted octanol–water partition coefficient (Wildman–Crippen LogP) is 4.47. The summed E-state index contributed by atoms with van der Waals surface area (Å²) >= 11 is 3.09. The van der Waals surface area contributed by atoms with Crippen LogP contribution in [-0.2, 0) is 11.3 Å². The smallest absolute Gasteiger partial charge is 0.266 e. The van der Waals surface area contributed by atoms with Crippen molar-refractivity contribution >= 4 is 28.6 Å². The highest BCUT2D eigenvalue weighted by Crippen LogP contribution is 2.30. The number of ether oxygens (including phenoxy) is 1. The largest absolute Gasteiger partial charge is 0.383 e. The van der Waals surface area contributed by atoms with Crippen molar-refractivity contribution in [1.29, 1.82) is 0 Å². The van der Waals surface area contributed by atoms with Crippen LogP contribution in [0.1, 0.15) is 20.9 Å². The SMILES string of the molecule is COCCN(Cc1ccccc1)C(=O)c1sc(-c2ccsc2)nc1C. The first-order chi connectivity index (χ1) is 12.2. The quantitative estimate of drug-likeness (QED) is 0.614. The van der Waals surface area contributed by atoms with E-state index in [1.165, 1.54) is 11.3 Å². The molecule has 0 radical (unpaired) electrons. The lowest BCUT2D eigenvalue weighted by Crippen LogP contribution is -2.33. The van der Waals surface area contributed by atoms with Crippen LogP contribution in [0, 0.1) is 6.92 Å². The van der Waals surface area contributed by atoms with E-state index in [1.807, 2.05) is 53.6 Å². The minimum Gasteiger partial charge on any atom is -0.383 e. The summed E-state index contributed by atoms with van der Waals surface area (Å²) in [6.07, 6.45) is 0. The second-order valence-electron chi connectivity index (χ2n) is 5.65. The summed E-state index contributed by atoms with van der Waals surface area (Å²) in [5, 5.41) is 4.97. The van der Waals surface area contributed by atoms with E-state index < -0.39 is 0 Å². The van der Waals surface area contributed by atoms with E-state index in [1.54, 1.807) is 18.4 Å². The van der Waals surface area contributed by atoms with Crippen LogP contribution in [0.4, 0.5) is 0 Å². The Bertz CT molecular complexity index is 813. The Morgan fingerprint density at radius 1 is 1.24 bits per heavy atom. The van der Waals surface area contributed by atoms with Crippen molar-refractivity contribution in [2.45, 2.75) is 13.5 Å². The summed E-state index contributed by atoms with van der Waals surface area (Å²) in [5.74, 6) is 0.0115. The van der Waals surface area contributed by atoms with Gasteiger partial charge in [0.05, 0.1) is 12.3 Å². The van der Waals surface area contributed by atoms with Crippen molar-refractivity contribution in [3.05, 3.63) is 63.3 Å². The molecule has 0 unspecified atom stereocenters. The second kappa shape index (κ2) is 8.38. The average molecular weight is 373 g/mol. The summed E-state index contributed by atoms with van der Waals surface area (Å²) in [7, 11) is 1.65. The molecule has 4 nitrogen and oxygen atoms in total. The number of benzene rings is 1. The highest BCUT2D eigenvalue weighted by atomic mass is 32.1. The first kappa shape index (κ1) is 17.8. The van der Waals surface area contributed by atoms with Crippen LogP contribution < -0.4 is 0 Å². The van der Waals surface area contributed by atoms with E-state index in [2.05, 4.69) is 10.4 Å². The van der Waals surface area contributed by atoms with Crippen LogP contribution in [0.2, 0.25) is 0 Å². The Hall–Kier alpha value is -2.02. The van der Waals surface area contributed by atoms with Gasteiger partial charge in [-0.15, -0.1) is 11.3 Å². The first-order valence-corrected chi connectivity index (χ1v) is 9.77. The fourth-order valence-electron chi connectivity index (χ4n) is 2.51. The van der Waals surface area contributed by atoms with Crippen LogP contribution in [0.5, 0.6) is 0 Å². The Morgan fingerprint density at radius 2 is 2.04 bits per heavy atom. The predicted molar refractivity (Wildman–Crippen MR) is 103 cm³/mol. The normalized spacial score (nSPS) is 10.8. The third-order valence-corrected chi connectivity index (χ3v) is 5.71. The molecular formula is C19H20N2O2S2. The molecule has 0 N–H and O–H groups in total. The number of amides is 1. The maximum Gasteiger partial charge on any atom is 0.266 e. The number of aryl methyl sites for hydroxylation is 1. The highest BCUT2D eigenvalue weighted by molar-refractivity contribution is 7.17. The molecule has 2 heterocycles. The standard InChI is InChI=1S/C19H20N2O2S2/c1-14-17(25-18(20-14)16-8-11-24-13-16)19(22)21(9-10-23-2)12-15-6-4-3-5-7-15/h3-8,11,13H,9-10,12H2,1-2H3. The van der Waals surface area contributed by atoms with Gasteiger partial charge in [-0.2, -0.15) is 11.3 Å². The molecule has 1 amide bonds. The monoisotopic (exact) mass is 372 g/mol. The van der Waals surface area contributed by atoms with Crippen molar-refractivity contribution in [3.8, 4) is 10.6 Å². The van der Waals surface area contributed by atoms with Crippen molar-refractivity contribution in [3.63, 3.8) is 0 Å². The Kier molecular flexibility index (Phi) is 5.96. The van der Waals surface area contributed by atoms with Crippen LogP contribution in [-0.4, -0.2) is 36.1 Å². The molecule has 0 spiro atoms. The molecule has 0 aliphatic carbocycles. The van der Waals surface area contributed by atoms with Crippen molar-refractivity contribution < 1.29 is 9.53 Å². The van der Waals surface area contributed by atoms with Gasteiger partial charge in [-0.1, -0.05) is 30.3 Å². The zero-order valence-corrected chi connectivity index (χ0v) is 15.9. The van der Waals surface area contributed by atoms with E-state index in [-0.39, 0.29) is 5.91 Å². The number of aromatic nitrogens is 1. The number of hydrogen-bond donors (Lipinski definition) is 0. The number of nitrogens with zero attached hydrogens (tertiary/aromatic N) is 2. The number of thiazole rings is 1. The topological polar surface area (TPSA) is 42.4 Å². The molecule has 0 fully saturated rings. The zero-order valence-electron chi connectivity index (χ0n) is 14.3. The number of hydrogen-bond acceptors (Lipinski definition) is 5. The number of rotatable bonds is 7. The molecule has 0 bridgehead atoms. The minimum atomic E-state index is 0.0115. The van der Waals surface area contributed by atoms with Gasteiger partial charge in [0.15, 0.2) is 0 Å². The molecule has 3 rings (SSSR count). The molecule has 2 aromatic heterocycles. The van der Waals surface area contributed by atoms with Crippen LogP contribution in [0.25, 0.3) is 10.6 Å². The van der Waals surface area contributed by atoms with Gasteiger partial charge in [0, 0.05) is 31.1 Å². The third-order valence-electron chi connectivity index (χ3n) is 3.83. The van der Waals surface area contributed by atoms with Crippen LogP contribution >= 0.6 is 22.7 Å². The van der Waals surface area contributed by atoms with Gasteiger partial charge in [-0.05, 0) is 23.9 Å². The van der Waals surface area contributed by atoms with E-state index in [9.17, 15) is 4.79 Å². The molecule has 3 aromatic rings. The van der Waals surface area contributed by atoms with Gasteiger partial charge < -0.3 is 9.64 Å². The summed E-state index contributed by atoms with van der Waals surface area (Å²) in [6, 6.07) is 12.0.